The molecule has 3 rings (SSSR count). The fourth-order valence-corrected chi connectivity index (χ4v) is 3.42. The van der Waals surface area contributed by atoms with Gasteiger partial charge in [0.1, 0.15) is 0 Å². The van der Waals surface area contributed by atoms with Crippen LogP contribution in [0.4, 0.5) is 0 Å². The highest BCUT2D eigenvalue weighted by atomic mass is 16.3. The number of aromatic amines is 1. The molecule has 1 heterocycles. The molecule has 0 bridgehead atoms. The minimum absolute atomic E-state index is 0.00462. The first-order chi connectivity index (χ1) is 11.7. The monoisotopic (exact) mass is 328 g/mol. The van der Waals surface area contributed by atoms with Gasteiger partial charge in [0, 0.05) is 30.1 Å². The first-order valence-electron chi connectivity index (χ1n) is 8.67. The van der Waals surface area contributed by atoms with E-state index in [-0.39, 0.29) is 24.1 Å². The minimum Gasteiger partial charge on any atom is -0.396 e. The zero-order valence-corrected chi connectivity index (χ0v) is 13.8. The maximum atomic E-state index is 12.1. The maximum absolute atomic E-state index is 12.1. The van der Waals surface area contributed by atoms with Gasteiger partial charge in [-0.25, -0.2) is 0 Å². The van der Waals surface area contributed by atoms with Gasteiger partial charge in [-0.1, -0.05) is 18.2 Å². The Balaban J connectivity index is 1.55. The number of nitrogens with one attached hydrogen (secondary N) is 2. The summed E-state index contributed by atoms with van der Waals surface area (Å²) in [6.45, 7) is 0.241. The zero-order valence-electron chi connectivity index (χ0n) is 13.8. The van der Waals surface area contributed by atoms with Crippen molar-refractivity contribution in [1.82, 2.24) is 10.3 Å². The molecule has 0 spiro atoms. The van der Waals surface area contributed by atoms with E-state index in [1.54, 1.807) is 0 Å². The zero-order chi connectivity index (χ0) is 16.9. The molecule has 1 aromatic carbocycles. The molecule has 3 N–H and O–H groups in total. The third-order valence-electron chi connectivity index (χ3n) is 4.92. The van der Waals surface area contributed by atoms with Crippen LogP contribution in [-0.4, -0.2) is 28.6 Å². The first kappa shape index (κ1) is 16.7. The molecule has 0 atom stereocenters. The number of aromatic nitrogens is 1. The minimum atomic E-state index is -0.120. The number of aryl methyl sites for hydroxylation is 1. The van der Waals surface area contributed by atoms with E-state index in [1.807, 2.05) is 30.3 Å². The molecule has 1 aromatic heterocycles. The number of carbonyl (C=O) groups excluding carboxylic acids is 1. The highest BCUT2D eigenvalue weighted by Gasteiger charge is 2.21. The Morgan fingerprint density at radius 2 is 1.96 bits per heavy atom. The Labute approximate surface area is 141 Å². The van der Waals surface area contributed by atoms with E-state index in [2.05, 4.69) is 10.3 Å². The molecule has 1 aliphatic rings. The summed E-state index contributed by atoms with van der Waals surface area (Å²) < 4.78 is 0. The quantitative estimate of drug-likeness (QED) is 0.786. The highest BCUT2D eigenvalue weighted by molar-refractivity contribution is 5.79. The van der Waals surface area contributed by atoms with Crippen LogP contribution in [0.25, 0.3) is 10.9 Å². The normalized spacial score (nSPS) is 20.9. The molecule has 24 heavy (non-hydrogen) atoms. The van der Waals surface area contributed by atoms with Gasteiger partial charge in [0.25, 0.3) is 5.56 Å². The number of hydrogen-bond donors (Lipinski definition) is 3. The summed E-state index contributed by atoms with van der Waals surface area (Å²) in [6, 6.07) is 9.71. The van der Waals surface area contributed by atoms with E-state index < -0.39 is 0 Å². The number of hydrogen-bond acceptors (Lipinski definition) is 3. The van der Waals surface area contributed by atoms with Gasteiger partial charge in [-0.3, -0.25) is 9.59 Å². The number of fused-ring (bicyclic) bond motifs is 1. The summed E-state index contributed by atoms with van der Waals surface area (Å²) in [5.74, 6) is 0.379. The first-order valence-corrected chi connectivity index (χ1v) is 8.67. The molecule has 1 aliphatic carbocycles. The van der Waals surface area contributed by atoms with Gasteiger partial charge in [0.05, 0.1) is 0 Å². The second kappa shape index (κ2) is 7.62. The number of amides is 1. The van der Waals surface area contributed by atoms with Gasteiger partial charge < -0.3 is 15.4 Å². The maximum Gasteiger partial charge on any atom is 0.251 e. The van der Waals surface area contributed by atoms with E-state index in [1.165, 1.54) is 0 Å². The van der Waals surface area contributed by atoms with Gasteiger partial charge in [-0.05, 0) is 55.5 Å². The van der Waals surface area contributed by atoms with E-state index in [0.717, 1.165) is 36.6 Å². The number of H-pyrrole nitrogens is 1. The number of aliphatic hydroxyl groups excluding tert-OH is 1. The van der Waals surface area contributed by atoms with Crippen molar-refractivity contribution in [1.29, 1.82) is 0 Å². The fraction of sp³-hybridized carbons (Fsp3) is 0.474. The van der Waals surface area contributed by atoms with Gasteiger partial charge in [0.2, 0.25) is 5.91 Å². The van der Waals surface area contributed by atoms with Crippen molar-refractivity contribution >= 4 is 16.8 Å². The van der Waals surface area contributed by atoms with Crippen LogP contribution in [0.3, 0.4) is 0 Å². The van der Waals surface area contributed by atoms with Crippen molar-refractivity contribution in [3.8, 4) is 0 Å². The molecule has 1 fully saturated rings. The lowest BCUT2D eigenvalue weighted by atomic mass is 9.86. The molecule has 0 saturated heterocycles. The lowest BCUT2D eigenvalue weighted by Gasteiger charge is -2.27. The molecular formula is C19H24N2O3. The Morgan fingerprint density at radius 1 is 1.21 bits per heavy atom. The number of rotatable bonds is 5. The fourth-order valence-electron chi connectivity index (χ4n) is 3.42. The third kappa shape index (κ3) is 4.03. The van der Waals surface area contributed by atoms with Gasteiger partial charge >= 0.3 is 0 Å². The smallest absolute Gasteiger partial charge is 0.251 e. The number of para-hydroxylation sites is 1. The summed E-state index contributed by atoms with van der Waals surface area (Å²) in [5, 5.41) is 13.2. The average molecular weight is 328 g/mol. The van der Waals surface area contributed by atoms with Crippen LogP contribution in [0, 0.1) is 5.92 Å². The largest absolute Gasteiger partial charge is 0.396 e. The number of aliphatic hydroxyl groups is 1. The van der Waals surface area contributed by atoms with Crippen LogP contribution in [0.2, 0.25) is 0 Å². The molecule has 0 aliphatic heterocycles. The molecule has 2 aromatic rings. The van der Waals surface area contributed by atoms with E-state index in [9.17, 15) is 9.59 Å². The Bertz CT molecular complexity index is 761. The van der Waals surface area contributed by atoms with Crippen molar-refractivity contribution in [3.63, 3.8) is 0 Å². The van der Waals surface area contributed by atoms with Crippen LogP contribution in [0.5, 0.6) is 0 Å². The Kier molecular flexibility index (Phi) is 5.30. The predicted octanol–water partition coefficient (Wildman–Crippen LogP) is 2.13. The molecule has 5 nitrogen and oxygen atoms in total. The summed E-state index contributed by atoms with van der Waals surface area (Å²) in [6.07, 6.45) is 4.54. The Hall–Kier alpha value is -2.14. The second-order valence-corrected chi connectivity index (χ2v) is 6.68. The second-order valence-electron chi connectivity index (χ2n) is 6.68. The summed E-state index contributed by atoms with van der Waals surface area (Å²) in [7, 11) is 0. The third-order valence-corrected chi connectivity index (χ3v) is 4.92. The van der Waals surface area contributed by atoms with Crippen molar-refractivity contribution in [2.45, 2.75) is 44.6 Å². The SMILES string of the molecule is O=C(CCc1cc2ccccc2[nH]c1=O)NC1CCC(CO)CC1. The molecule has 128 valence electrons. The molecule has 5 heteroatoms. The summed E-state index contributed by atoms with van der Waals surface area (Å²) >= 11 is 0. The molecule has 1 saturated carbocycles. The number of carbonyl (C=O) groups is 1. The van der Waals surface area contributed by atoms with Gasteiger partial charge in [-0.15, -0.1) is 0 Å². The summed E-state index contributed by atoms with van der Waals surface area (Å²) in [4.78, 5) is 27.1. The standard InChI is InChI=1S/C19H24N2O3/c22-12-13-5-8-16(9-6-13)20-18(23)10-7-15-11-14-3-1-2-4-17(14)21-19(15)24/h1-4,11,13,16,22H,5-10,12H2,(H,20,23)(H,21,24). The topological polar surface area (TPSA) is 82.2 Å². The van der Waals surface area contributed by atoms with Crippen LogP contribution in [0.1, 0.15) is 37.7 Å². The molecule has 1 amide bonds. The molecule has 0 radical (unpaired) electrons. The van der Waals surface area contributed by atoms with E-state index in [0.29, 0.717) is 24.3 Å². The van der Waals surface area contributed by atoms with Gasteiger partial charge in [0.15, 0.2) is 0 Å². The predicted molar refractivity (Wildman–Crippen MR) is 93.9 cm³/mol. The van der Waals surface area contributed by atoms with Crippen LogP contribution >= 0.6 is 0 Å². The van der Waals surface area contributed by atoms with Crippen molar-refractivity contribution in [3.05, 3.63) is 46.2 Å². The van der Waals surface area contributed by atoms with E-state index in [4.69, 9.17) is 5.11 Å². The van der Waals surface area contributed by atoms with Crippen molar-refractivity contribution in [2.75, 3.05) is 6.61 Å². The van der Waals surface area contributed by atoms with Crippen LogP contribution < -0.4 is 10.9 Å². The van der Waals surface area contributed by atoms with Crippen molar-refractivity contribution in [2.24, 2.45) is 5.92 Å². The average Bonchev–Trinajstić information content (AvgIpc) is 2.60. The Morgan fingerprint density at radius 3 is 2.71 bits per heavy atom. The van der Waals surface area contributed by atoms with Gasteiger partial charge in [-0.2, -0.15) is 0 Å². The molecule has 0 unspecified atom stereocenters. The lowest BCUT2D eigenvalue weighted by molar-refractivity contribution is -0.122. The lowest BCUT2D eigenvalue weighted by Crippen LogP contribution is -2.38. The number of pyridine rings is 1. The molecular weight excluding hydrogens is 304 g/mol. The van der Waals surface area contributed by atoms with Crippen molar-refractivity contribution < 1.29 is 9.90 Å². The van der Waals surface area contributed by atoms with Crippen LogP contribution in [-0.2, 0) is 11.2 Å². The number of benzene rings is 1. The van der Waals surface area contributed by atoms with Crippen LogP contribution in [0.15, 0.2) is 35.1 Å². The van der Waals surface area contributed by atoms with E-state index >= 15 is 0 Å². The summed E-state index contributed by atoms with van der Waals surface area (Å²) in [5.41, 5.74) is 1.34. The highest BCUT2D eigenvalue weighted by Crippen LogP contribution is 2.23.